The Morgan fingerprint density at radius 1 is 1.25 bits per heavy atom. The number of hydrogen-bond donors (Lipinski definition) is 0. The van der Waals surface area contributed by atoms with Crippen LogP contribution in [0.1, 0.15) is 10.4 Å². The molecule has 1 aliphatic rings. The minimum absolute atomic E-state index is 0.0578. The molecule has 2 atom stereocenters. The van der Waals surface area contributed by atoms with Crippen LogP contribution in [-0.2, 0) is 9.47 Å². The first-order valence-electron chi connectivity index (χ1n) is 6.31. The lowest BCUT2D eigenvalue weighted by molar-refractivity contribution is -0.00461. The predicted molar refractivity (Wildman–Crippen MR) is 68.7 cm³/mol. The van der Waals surface area contributed by atoms with Gasteiger partial charge in [0.1, 0.15) is 11.6 Å². The molecule has 1 aliphatic heterocycles. The summed E-state index contributed by atoms with van der Waals surface area (Å²) in [6, 6.07) is 2.97. The van der Waals surface area contributed by atoms with Gasteiger partial charge in [0.25, 0.3) is 0 Å². The number of rotatable bonds is 5. The highest BCUT2D eigenvalue weighted by molar-refractivity contribution is 5.97. The van der Waals surface area contributed by atoms with Crippen molar-refractivity contribution in [3.8, 4) is 0 Å². The summed E-state index contributed by atoms with van der Waals surface area (Å²) in [5.41, 5.74) is -0.0961. The van der Waals surface area contributed by atoms with Crippen LogP contribution in [-0.4, -0.2) is 56.7 Å². The fourth-order valence-corrected chi connectivity index (χ4v) is 2.40. The second kappa shape index (κ2) is 6.39. The average molecular weight is 285 g/mol. The third-order valence-corrected chi connectivity index (χ3v) is 3.50. The standard InChI is InChI=1S/C14H17F2NO3/c1-19-13-7-17(8-14(13)20-2)6-12(18)10-4-3-9(15)5-11(10)16/h3-5,13-14H,6-8H2,1-2H3. The molecule has 0 radical (unpaired) electrons. The Bertz CT molecular complexity index is 483. The number of halogens is 2. The summed E-state index contributed by atoms with van der Waals surface area (Å²) in [6.07, 6.45) is -0.211. The van der Waals surface area contributed by atoms with Crippen LogP contribution in [0.25, 0.3) is 0 Å². The van der Waals surface area contributed by atoms with Crippen LogP contribution in [0, 0.1) is 11.6 Å². The van der Waals surface area contributed by atoms with Crippen LogP contribution in [0.4, 0.5) is 8.78 Å². The molecule has 0 aromatic heterocycles. The first-order valence-corrected chi connectivity index (χ1v) is 6.31. The molecule has 1 aromatic carbocycles. The maximum Gasteiger partial charge on any atom is 0.179 e. The molecule has 0 bridgehead atoms. The highest BCUT2D eigenvalue weighted by Crippen LogP contribution is 2.17. The fraction of sp³-hybridized carbons (Fsp3) is 0.500. The van der Waals surface area contributed by atoms with Crippen molar-refractivity contribution >= 4 is 5.78 Å². The minimum atomic E-state index is -0.833. The lowest BCUT2D eigenvalue weighted by Gasteiger charge is -2.14. The smallest absolute Gasteiger partial charge is 0.179 e. The first-order chi connectivity index (χ1) is 9.55. The SMILES string of the molecule is COC1CN(CC(=O)c2ccc(F)cc2F)CC1OC. The molecule has 6 heteroatoms. The van der Waals surface area contributed by atoms with Gasteiger partial charge in [-0.2, -0.15) is 0 Å². The van der Waals surface area contributed by atoms with Crippen LogP contribution in [0.15, 0.2) is 18.2 Å². The van der Waals surface area contributed by atoms with Crippen LogP contribution >= 0.6 is 0 Å². The van der Waals surface area contributed by atoms with E-state index in [2.05, 4.69) is 0 Å². The first kappa shape index (κ1) is 15.0. The Labute approximate surface area is 116 Å². The normalized spacial score (nSPS) is 23.2. The number of ketones is 1. The lowest BCUT2D eigenvalue weighted by Crippen LogP contribution is -2.29. The number of benzene rings is 1. The van der Waals surface area contributed by atoms with Crippen molar-refractivity contribution in [3.63, 3.8) is 0 Å². The molecule has 0 amide bonds. The van der Waals surface area contributed by atoms with Gasteiger partial charge in [0, 0.05) is 33.4 Å². The Balaban J connectivity index is 2.02. The molecule has 0 aliphatic carbocycles. The largest absolute Gasteiger partial charge is 0.377 e. The molecule has 110 valence electrons. The van der Waals surface area contributed by atoms with Crippen LogP contribution < -0.4 is 0 Å². The van der Waals surface area contributed by atoms with Gasteiger partial charge in [0.15, 0.2) is 5.78 Å². The molecular weight excluding hydrogens is 268 g/mol. The molecule has 2 unspecified atom stereocenters. The highest BCUT2D eigenvalue weighted by atomic mass is 19.1. The van der Waals surface area contributed by atoms with E-state index in [1.165, 1.54) is 6.07 Å². The summed E-state index contributed by atoms with van der Waals surface area (Å²) < 4.78 is 36.9. The Morgan fingerprint density at radius 3 is 2.35 bits per heavy atom. The molecule has 20 heavy (non-hydrogen) atoms. The zero-order valence-electron chi connectivity index (χ0n) is 11.4. The van der Waals surface area contributed by atoms with E-state index in [0.29, 0.717) is 19.2 Å². The molecular formula is C14H17F2NO3. The predicted octanol–water partition coefficient (Wildman–Crippen LogP) is 1.49. The molecule has 0 saturated carbocycles. The van der Waals surface area contributed by atoms with Crippen molar-refractivity contribution < 1.29 is 23.0 Å². The number of Topliss-reactive ketones (excluding diaryl/α,β-unsaturated/α-hetero) is 1. The van der Waals surface area contributed by atoms with Gasteiger partial charge in [0.05, 0.1) is 24.3 Å². The van der Waals surface area contributed by atoms with Crippen molar-refractivity contribution in [2.75, 3.05) is 33.9 Å². The van der Waals surface area contributed by atoms with Gasteiger partial charge in [-0.15, -0.1) is 0 Å². The Morgan fingerprint density at radius 2 is 1.85 bits per heavy atom. The van der Waals surface area contributed by atoms with Gasteiger partial charge in [-0.05, 0) is 12.1 Å². The Kier molecular flexibility index (Phi) is 4.80. The second-order valence-corrected chi connectivity index (χ2v) is 4.79. The number of carbonyl (C=O) groups excluding carboxylic acids is 1. The number of hydrogen-bond acceptors (Lipinski definition) is 4. The van der Waals surface area contributed by atoms with E-state index in [4.69, 9.17) is 9.47 Å². The summed E-state index contributed by atoms with van der Waals surface area (Å²) in [7, 11) is 3.17. The van der Waals surface area contributed by atoms with Crippen molar-refractivity contribution in [1.82, 2.24) is 4.90 Å². The summed E-state index contributed by atoms with van der Waals surface area (Å²) in [5, 5.41) is 0. The molecule has 1 saturated heterocycles. The van der Waals surface area contributed by atoms with Gasteiger partial charge >= 0.3 is 0 Å². The van der Waals surface area contributed by atoms with Gasteiger partial charge in [0.2, 0.25) is 0 Å². The van der Waals surface area contributed by atoms with Crippen LogP contribution in [0.5, 0.6) is 0 Å². The zero-order valence-corrected chi connectivity index (χ0v) is 11.4. The van der Waals surface area contributed by atoms with Gasteiger partial charge in [-0.1, -0.05) is 0 Å². The third-order valence-electron chi connectivity index (χ3n) is 3.50. The number of ether oxygens (including phenoxy) is 2. The number of carbonyl (C=O) groups is 1. The zero-order chi connectivity index (χ0) is 14.7. The van der Waals surface area contributed by atoms with E-state index in [9.17, 15) is 13.6 Å². The van der Waals surface area contributed by atoms with E-state index >= 15 is 0 Å². The molecule has 1 fully saturated rings. The molecule has 1 aromatic rings. The van der Waals surface area contributed by atoms with Gasteiger partial charge in [-0.3, -0.25) is 9.69 Å². The molecule has 1 heterocycles. The number of likely N-dealkylation sites (tertiary alicyclic amines) is 1. The van der Waals surface area contributed by atoms with E-state index in [-0.39, 0.29) is 30.1 Å². The monoisotopic (exact) mass is 285 g/mol. The summed E-state index contributed by atoms with van der Waals surface area (Å²) >= 11 is 0. The van der Waals surface area contributed by atoms with E-state index in [1.54, 1.807) is 14.2 Å². The quantitative estimate of drug-likeness (QED) is 0.768. The van der Waals surface area contributed by atoms with Crippen molar-refractivity contribution in [1.29, 1.82) is 0 Å². The summed E-state index contributed by atoms with van der Waals surface area (Å²) in [6.45, 7) is 1.15. The molecule has 0 spiro atoms. The van der Waals surface area contributed by atoms with Gasteiger partial charge < -0.3 is 9.47 Å². The van der Waals surface area contributed by atoms with Crippen molar-refractivity contribution in [2.24, 2.45) is 0 Å². The lowest BCUT2D eigenvalue weighted by atomic mass is 10.1. The average Bonchev–Trinajstić information content (AvgIpc) is 2.80. The van der Waals surface area contributed by atoms with Crippen molar-refractivity contribution in [3.05, 3.63) is 35.4 Å². The topological polar surface area (TPSA) is 38.8 Å². The number of nitrogens with zero attached hydrogens (tertiary/aromatic N) is 1. The maximum atomic E-state index is 13.5. The summed E-state index contributed by atoms with van der Waals surface area (Å²) in [4.78, 5) is 13.9. The van der Waals surface area contributed by atoms with E-state index in [1.807, 2.05) is 4.90 Å². The molecule has 0 N–H and O–H groups in total. The van der Waals surface area contributed by atoms with Crippen LogP contribution in [0.3, 0.4) is 0 Å². The van der Waals surface area contributed by atoms with Gasteiger partial charge in [-0.25, -0.2) is 8.78 Å². The number of methoxy groups -OCH3 is 2. The molecule has 4 nitrogen and oxygen atoms in total. The Hall–Kier alpha value is -1.37. The maximum absolute atomic E-state index is 13.5. The highest BCUT2D eigenvalue weighted by Gasteiger charge is 2.34. The fourth-order valence-electron chi connectivity index (χ4n) is 2.40. The van der Waals surface area contributed by atoms with Crippen LogP contribution in [0.2, 0.25) is 0 Å². The molecule has 2 rings (SSSR count). The second-order valence-electron chi connectivity index (χ2n) is 4.79. The summed E-state index contributed by atoms with van der Waals surface area (Å²) in [5.74, 6) is -1.91. The minimum Gasteiger partial charge on any atom is -0.377 e. The van der Waals surface area contributed by atoms with E-state index < -0.39 is 11.6 Å². The third kappa shape index (κ3) is 3.20. The van der Waals surface area contributed by atoms with Crippen molar-refractivity contribution in [2.45, 2.75) is 12.2 Å². The van der Waals surface area contributed by atoms with E-state index in [0.717, 1.165) is 6.07 Å².